The average molecular weight is 482 g/mol. The van der Waals surface area contributed by atoms with Gasteiger partial charge in [-0.25, -0.2) is 4.98 Å². The third-order valence-corrected chi connectivity index (χ3v) is 7.01. The fourth-order valence-corrected chi connectivity index (χ4v) is 4.38. The molecule has 0 aliphatic rings. The molecule has 0 radical (unpaired) electrons. The zero-order valence-corrected chi connectivity index (χ0v) is 21.7. The highest BCUT2D eigenvalue weighted by molar-refractivity contribution is 7.09. The predicted molar refractivity (Wildman–Crippen MR) is 138 cm³/mol. The summed E-state index contributed by atoms with van der Waals surface area (Å²) in [6, 6.07) is 16.5. The van der Waals surface area contributed by atoms with Gasteiger partial charge in [0.05, 0.1) is 20.8 Å². The second-order valence-corrected chi connectivity index (χ2v) is 9.74. The van der Waals surface area contributed by atoms with Crippen LogP contribution in [0.5, 0.6) is 11.5 Å². The molecule has 182 valence electrons. The molecule has 34 heavy (non-hydrogen) atoms. The smallest absolute Gasteiger partial charge is 0.270 e. The molecule has 0 bridgehead atoms. The van der Waals surface area contributed by atoms with E-state index in [0.29, 0.717) is 24.7 Å². The molecule has 6 nitrogen and oxygen atoms in total. The van der Waals surface area contributed by atoms with Crippen LogP contribution in [0.3, 0.4) is 0 Å². The number of nitrogens with zero attached hydrogens (tertiary/aromatic N) is 2. The predicted octanol–water partition coefficient (Wildman–Crippen LogP) is 5.70. The third-order valence-electron chi connectivity index (χ3n) is 6.18. The quantitative estimate of drug-likeness (QED) is 0.381. The van der Waals surface area contributed by atoms with Crippen LogP contribution in [-0.2, 0) is 13.1 Å². The molecule has 0 aliphatic carbocycles. The summed E-state index contributed by atoms with van der Waals surface area (Å²) in [6.45, 7) is 9.66. The standard InChI is InChI=1S/C27H35N3O3S/c1-18(2)19(3)28-27(31)24-17-34-26(29-24)16-30(20(4)21-10-8-7-9-11-21)15-22-12-13-23(32-5)14-25(22)33-6/h7-14,17-20H,15-16H2,1-6H3,(H,28,31). The first kappa shape index (κ1) is 25.7. The van der Waals surface area contributed by atoms with Crippen LogP contribution in [0.25, 0.3) is 0 Å². The van der Waals surface area contributed by atoms with E-state index in [9.17, 15) is 4.79 Å². The number of benzene rings is 2. The molecule has 0 spiro atoms. The van der Waals surface area contributed by atoms with E-state index in [-0.39, 0.29) is 18.0 Å². The van der Waals surface area contributed by atoms with Crippen LogP contribution < -0.4 is 14.8 Å². The molecule has 7 heteroatoms. The van der Waals surface area contributed by atoms with Crippen molar-refractivity contribution in [1.29, 1.82) is 0 Å². The van der Waals surface area contributed by atoms with Crippen molar-refractivity contribution in [1.82, 2.24) is 15.2 Å². The van der Waals surface area contributed by atoms with Crippen molar-refractivity contribution in [2.75, 3.05) is 14.2 Å². The summed E-state index contributed by atoms with van der Waals surface area (Å²) in [7, 11) is 3.32. The summed E-state index contributed by atoms with van der Waals surface area (Å²) in [6.07, 6.45) is 0. The number of ether oxygens (including phenoxy) is 2. The molecule has 3 rings (SSSR count). The molecule has 1 N–H and O–H groups in total. The lowest BCUT2D eigenvalue weighted by Crippen LogP contribution is -2.36. The van der Waals surface area contributed by atoms with Crippen molar-refractivity contribution in [3.8, 4) is 11.5 Å². The number of aromatic nitrogens is 1. The van der Waals surface area contributed by atoms with E-state index >= 15 is 0 Å². The molecular formula is C27H35N3O3S. The van der Waals surface area contributed by atoms with Crippen LogP contribution in [0.1, 0.15) is 60.4 Å². The van der Waals surface area contributed by atoms with Crippen molar-refractivity contribution < 1.29 is 14.3 Å². The number of rotatable bonds is 11. The van der Waals surface area contributed by atoms with E-state index < -0.39 is 0 Å². The highest BCUT2D eigenvalue weighted by Crippen LogP contribution is 2.30. The molecular weight excluding hydrogens is 446 g/mol. The maximum atomic E-state index is 12.6. The maximum Gasteiger partial charge on any atom is 0.270 e. The molecule has 2 aromatic carbocycles. The SMILES string of the molecule is COc1ccc(CN(Cc2nc(C(=O)NC(C)C(C)C)cs2)C(C)c2ccccc2)c(OC)c1. The Morgan fingerprint density at radius 1 is 1.03 bits per heavy atom. The van der Waals surface area contributed by atoms with Gasteiger partial charge in [-0.2, -0.15) is 0 Å². The van der Waals surface area contributed by atoms with Gasteiger partial charge in [-0.05, 0) is 31.4 Å². The molecule has 1 amide bonds. The Morgan fingerprint density at radius 2 is 1.76 bits per heavy atom. The number of amides is 1. The topological polar surface area (TPSA) is 63.7 Å². The Labute approximate surface area is 206 Å². The third kappa shape index (κ3) is 6.58. The molecule has 0 saturated carbocycles. The Balaban J connectivity index is 1.84. The largest absolute Gasteiger partial charge is 0.497 e. The summed E-state index contributed by atoms with van der Waals surface area (Å²) >= 11 is 1.52. The van der Waals surface area contributed by atoms with Crippen LogP contribution in [0, 0.1) is 5.92 Å². The first-order chi connectivity index (χ1) is 16.3. The first-order valence-corrected chi connectivity index (χ1v) is 12.5. The van der Waals surface area contributed by atoms with E-state index in [1.54, 1.807) is 14.2 Å². The number of carbonyl (C=O) groups is 1. The number of hydrogen-bond donors (Lipinski definition) is 1. The zero-order chi connectivity index (χ0) is 24.7. The highest BCUT2D eigenvalue weighted by Gasteiger charge is 2.21. The van der Waals surface area contributed by atoms with Gasteiger partial charge in [0.25, 0.3) is 5.91 Å². The number of hydrogen-bond acceptors (Lipinski definition) is 6. The first-order valence-electron chi connectivity index (χ1n) is 11.6. The van der Waals surface area contributed by atoms with E-state index in [1.807, 2.05) is 36.6 Å². The Kier molecular flexibility index (Phi) is 9.07. The lowest BCUT2D eigenvalue weighted by atomic mass is 10.1. The lowest BCUT2D eigenvalue weighted by molar-refractivity contribution is 0.0925. The molecule has 2 atom stereocenters. The van der Waals surface area contributed by atoms with Gasteiger partial charge in [0.2, 0.25) is 0 Å². The van der Waals surface area contributed by atoms with Crippen LogP contribution in [-0.4, -0.2) is 36.1 Å². The summed E-state index contributed by atoms with van der Waals surface area (Å²) in [5.74, 6) is 1.79. The summed E-state index contributed by atoms with van der Waals surface area (Å²) < 4.78 is 11.0. The average Bonchev–Trinajstić information content (AvgIpc) is 3.32. The van der Waals surface area contributed by atoms with Crippen LogP contribution in [0.4, 0.5) is 0 Å². The van der Waals surface area contributed by atoms with E-state index in [4.69, 9.17) is 9.47 Å². The maximum absolute atomic E-state index is 12.6. The molecule has 0 fully saturated rings. The van der Waals surface area contributed by atoms with Gasteiger partial charge in [-0.15, -0.1) is 11.3 Å². The summed E-state index contributed by atoms with van der Waals surface area (Å²) in [5, 5.41) is 5.78. The fourth-order valence-electron chi connectivity index (χ4n) is 3.58. The van der Waals surface area contributed by atoms with E-state index in [0.717, 1.165) is 22.1 Å². The van der Waals surface area contributed by atoms with Crippen molar-refractivity contribution >= 4 is 17.2 Å². The second kappa shape index (κ2) is 12.0. The second-order valence-electron chi connectivity index (χ2n) is 8.80. The lowest BCUT2D eigenvalue weighted by Gasteiger charge is -2.29. The zero-order valence-electron chi connectivity index (χ0n) is 20.9. The van der Waals surface area contributed by atoms with Crippen molar-refractivity contribution in [2.24, 2.45) is 5.92 Å². The van der Waals surface area contributed by atoms with Gasteiger partial charge in [0.1, 0.15) is 22.2 Å². The van der Waals surface area contributed by atoms with Crippen molar-refractivity contribution in [3.63, 3.8) is 0 Å². The van der Waals surface area contributed by atoms with E-state index in [1.165, 1.54) is 16.9 Å². The van der Waals surface area contributed by atoms with Gasteiger partial charge >= 0.3 is 0 Å². The number of carbonyl (C=O) groups excluding carboxylic acids is 1. The van der Waals surface area contributed by atoms with Crippen LogP contribution in [0.2, 0.25) is 0 Å². The molecule has 0 aliphatic heterocycles. The molecule has 2 unspecified atom stereocenters. The molecule has 0 saturated heterocycles. The van der Waals surface area contributed by atoms with Crippen LogP contribution in [0.15, 0.2) is 53.9 Å². The number of thiazole rings is 1. The van der Waals surface area contributed by atoms with Gasteiger partial charge in [0, 0.05) is 35.6 Å². The van der Waals surface area contributed by atoms with Crippen molar-refractivity contribution in [3.05, 3.63) is 75.7 Å². The van der Waals surface area contributed by atoms with Gasteiger partial charge < -0.3 is 14.8 Å². The normalized spacial score (nSPS) is 13.1. The van der Waals surface area contributed by atoms with Gasteiger partial charge in [-0.1, -0.05) is 50.2 Å². The fraction of sp³-hybridized carbons (Fsp3) is 0.407. The molecule has 1 aromatic heterocycles. The molecule has 3 aromatic rings. The van der Waals surface area contributed by atoms with E-state index in [2.05, 4.69) is 60.2 Å². The monoisotopic (exact) mass is 481 g/mol. The highest BCUT2D eigenvalue weighted by atomic mass is 32.1. The summed E-state index contributed by atoms with van der Waals surface area (Å²) in [4.78, 5) is 19.6. The van der Waals surface area contributed by atoms with Crippen molar-refractivity contribution in [2.45, 2.75) is 52.9 Å². The Bertz CT molecular complexity index is 1070. The van der Waals surface area contributed by atoms with Gasteiger partial charge in [-0.3, -0.25) is 9.69 Å². The Hall–Kier alpha value is -2.90. The number of nitrogens with one attached hydrogen (secondary N) is 1. The minimum Gasteiger partial charge on any atom is -0.497 e. The number of methoxy groups -OCH3 is 2. The minimum absolute atomic E-state index is 0.0924. The minimum atomic E-state index is -0.122. The molecule has 1 heterocycles. The Morgan fingerprint density at radius 3 is 2.41 bits per heavy atom. The summed E-state index contributed by atoms with van der Waals surface area (Å²) in [5.41, 5.74) is 2.75. The van der Waals surface area contributed by atoms with Crippen LogP contribution >= 0.6 is 11.3 Å². The van der Waals surface area contributed by atoms with Gasteiger partial charge in [0.15, 0.2) is 0 Å².